The van der Waals surface area contributed by atoms with Gasteiger partial charge in [0.25, 0.3) is 0 Å². The van der Waals surface area contributed by atoms with Crippen LogP contribution in [0.4, 0.5) is 0 Å². The largest absolute Gasteiger partial charge is 0.496 e. The van der Waals surface area contributed by atoms with Gasteiger partial charge in [0, 0.05) is 18.6 Å². The molecule has 3 nitrogen and oxygen atoms in total. The Balaban J connectivity index is 2.15. The second-order valence-electron chi connectivity index (χ2n) is 4.65. The van der Waals surface area contributed by atoms with Crippen LogP contribution in [0.3, 0.4) is 0 Å². The van der Waals surface area contributed by atoms with Crippen molar-refractivity contribution in [2.75, 3.05) is 26.9 Å². The third-order valence-corrected chi connectivity index (χ3v) is 4.03. The van der Waals surface area contributed by atoms with Crippen LogP contribution < -0.4 is 10.5 Å². The Morgan fingerprint density at radius 1 is 1.53 bits per heavy atom. The maximum Gasteiger partial charge on any atom is 0.133 e. The van der Waals surface area contributed by atoms with Crippen LogP contribution in [0.2, 0.25) is 0 Å². The minimum absolute atomic E-state index is 0.119. The zero-order valence-electron chi connectivity index (χ0n) is 10.0. The van der Waals surface area contributed by atoms with Crippen LogP contribution in [0.5, 0.6) is 5.75 Å². The summed E-state index contributed by atoms with van der Waals surface area (Å²) in [6, 6.07) is 6.19. The summed E-state index contributed by atoms with van der Waals surface area (Å²) in [7, 11) is 1.67. The molecule has 1 saturated heterocycles. The summed E-state index contributed by atoms with van der Waals surface area (Å²) in [5, 5.41) is 0. The molecule has 0 aromatic heterocycles. The third kappa shape index (κ3) is 2.81. The summed E-state index contributed by atoms with van der Waals surface area (Å²) in [5.74, 6) is 0.859. The van der Waals surface area contributed by atoms with Crippen LogP contribution in [0.25, 0.3) is 0 Å². The quantitative estimate of drug-likeness (QED) is 0.928. The van der Waals surface area contributed by atoms with Crippen LogP contribution >= 0.6 is 15.9 Å². The lowest BCUT2D eigenvalue weighted by Gasteiger charge is -2.25. The molecule has 1 heterocycles. The molecule has 17 heavy (non-hydrogen) atoms. The Hall–Kier alpha value is -0.580. The highest BCUT2D eigenvalue weighted by molar-refractivity contribution is 9.10. The number of halogens is 1. The lowest BCUT2D eigenvalue weighted by Crippen LogP contribution is -2.33. The summed E-state index contributed by atoms with van der Waals surface area (Å²) in [6.07, 6.45) is 2.01. The van der Waals surface area contributed by atoms with Crippen molar-refractivity contribution in [3.05, 3.63) is 28.2 Å². The monoisotopic (exact) mass is 299 g/mol. The first-order chi connectivity index (χ1) is 8.19. The topological polar surface area (TPSA) is 44.5 Å². The van der Waals surface area contributed by atoms with Gasteiger partial charge in [-0.2, -0.15) is 0 Å². The average molecular weight is 300 g/mol. The second kappa shape index (κ2) is 5.38. The molecule has 1 unspecified atom stereocenters. The molecule has 0 aliphatic carbocycles. The number of ether oxygens (including phenoxy) is 2. The highest BCUT2D eigenvalue weighted by Crippen LogP contribution is 2.34. The predicted octanol–water partition coefficient (Wildman–Crippen LogP) is 2.37. The molecule has 0 spiro atoms. The van der Waals surface area contributed by atoms with Crippen molar-refractivity contribution >= 4 is 15.9 Å². The number of nitrogens with two attached hydrogens (primary N) is 1. The molecular formula is C13H18BrNO2. The van der Waals surface area contributed by atoms with Crippen molar-refractivity contribution < 1.29 is 9.47 Å². The number of benzene rings is 1. The van der Waals surface area contributed by atoms with E-state index in [2.05, 4.69) is 28.1 Å². The molecule has 0 amide bonds. The fourth-order valence-electron chi connectivity index (χ4n) is 2.27. The SMILES string of the molecule is COc1ccc(CC2(CN)CCOC2)cc1Br. The van der Waals surface area contributed by atoms with E-state index >= 15 is 0 Å². The molecule has 4 heteroatoms. The lowest BCUT2D eigenvalue weighted by molar-refractivity contribution is 0.154. The first-order valence-corrected chi connectivity index (χ1v) is 6.59. The Kier molecular flexibility index (Phi) is 4.07. The van der Waals surface area contributed by atoms with Crippen LogP contribution in [-0.4, -0.2) is 26.9 Å². The van der Waals surface area contributed by atoms with Gasteiger partial charge in [0.1, 0.15) is 5.75 Å². The fourth-order valence-corrected chi connectivity index (χ4v) is 2.86. The zero-order chi connectivity index (χ0) is 12.3. The molecule has 2 rings (SSSR count). The maximum absolute atomic E-state index is 5.89. The summed E-state index contributed by atoms with van der Waals surface area (Å²) in [4.78, 5) is 0. The molecule has 94 valence electrons. The first-order valence-electron chi connectivity index (χ1n) is 5.79. The summed E-state index contributed by atoms with van der Waals surface area (Å²) >= 11 is 3.51. The van der Waals surface area contributed by atoms with Gasteiger partial charge in [-0.1, -0.05) is 6.07 Å². The van der Waals surface area contributed by atoms with Crippen molar-refractivity contribution in [3.8, 4) is 5.75 Å². The van der Waals surface area contributed by atoms with E-state index < -0.39 is 0 Å². The van der Waals surface area contributed by atoms with E-state index in [1.807, 2.05) is 6.07 Å². The molecule has 1 aromatic rings. The molecule has 1 atom stereocenters. The number of hydrogen-bond donors (Lipinski definition) is 1. The lowest BCUT2D eigenvalue weighted by atomic mass is 9.81. The van der Waals surface area contributed by atoms with E-state index in [4.69, 9.17) is 15.2 Å². The van der Waals surface area contributed by atoms with Crippen molar-refractivity contribution in [3.63, 3.8) is 0 Å². The van der Waals surface area contributed by atoms with Gasteiger partial charge in [-0.3, -0.25) is 0 Å². The minimum Gasteiger partial charge on any atom is -0.496 e. The minimum atomic E-state index is 0.119. The molecule has 1 aromatic carbocycles. The highest BCUT2D eigenvalue weighted by atomic mass is 79.9. The van der Waals surface area contributed by atoms with Crippen LogP contribution in [-0.2, 0) is 11.2 Å². The van der Waals surface area contributed by atoms with Crippen molar-refractivity contribution in [2.45, 2.75) is 12.8 Å². The predicted molar refractivity (Wildman–Crippen MR) is 71.3 cm³/mol. The Labute approximate surface area is 110 Å². The van der Waals surface area contributed by atoms with E-state index in [0.29, 0.717) is 6.54 Å². The van der Waals surface area contributed by atoms with E-state index in [9.17, 15) is 0 Å². The summed E-state index contributed by atoms with van der Waals surface area (Å²) < 4.78 is 11.7. The van der Waals surface area contributed by atoms with Gasteiger partial charge >= 0.3 is 0 Å². The number of hydrogen-bond acceptors (Lipinski definition) is 3. The van der Waals surface area contributed by atoms with Crippen molar-refractivity contribution in [1.82, 2.24) is 0 Å². The van der Waals surface area contributed by atoms with E-state index in [1.165, 1.54) is 5.56 Å². The van der Waals surface area contributed by atoms with Crippen molar-refractivity contribution in [1.29, 1.82) is 0 Å². The molecule has 1 aliphatic heterocycles. The van der Waals surface area contributed by atoms with Crippen LogP contribution in [0.15, 0.2) is 22.7 Å². The van der Waals surface area contributed by atoms with E-state index in [-0.39, 0.29) is 5.41 Å². The van der Waals surface area contributed by atoms with E-state index in [1.54, 1.807) is 7.11 Å². The van der Waals surface area contributed by atoms with Crippen LogP contribution in [0.1, 0.15) is 12.0 Å². The molecule has 1 fully saturated rings. The molecular weight excluding hydrogens is 282 g/mol. The van der Waals surface area contributed by atoms with Crippen molar-refractivity contribution in [2.24, 2.45) is 11.1 Å². The maximum atomic E-state index is 5.89. The summed E-state index contributed by atoms with van der Waals surface area (Å²) in [5.41, 5.74) is 7.29. The second-order valence-corrected chi connectivity index (χ2v) is 5.51. The van der Waals surface area contributed by atoms with Gasteiger partial charge in [0.05, 0.1) is 18.2 Å². The number of methoxy groups -OCH3 is 1. The molecule has 2 N–H and O–H groups in total. The van der Waals surface area contributed by atoms with E-state index in [0.717, 1.165) is 36.3 Å². The molecule has 1 aliphatic rings. The van der Waals surface area contributed by atoms with Crippen LogP contribution in [0, 0.1) is 5.41 Å². The Morgan fingerprint density at radius 3 is 2.88 bits per heavy atom. The smallest absolute Gasteiger partial charge is 0.133 e. The van der Waals surface area contributed by atoms with Gasteiger partial charge in [-0.15, -0.1) is 0 Å². The average Bonchev–Trinajstić information content (AvgIpc) is 2.79. The zero-order valence-corrected chi connectivity index (χ0v) is 11.6. The third-order valence-electron chi connectivity index (χ3n) is 3.41. The standard InChI is InChI=1S/C13H18BrNO2/c1-16-12-3-2-10(6-11(12)14)7-13(8-15)4-5-17-9-13/h2-3,6H,4-5,7-9,15H2,1H3. The first kappa shape index (κ1) is 12.9. The van der Waals surface area contributed by atoms with Gasteiger partial charge in [-0.05, 0) is 46.5 Å². The van der Waals surface area contributed by atoms with Gasteiger partial charge in [-0.25, -0.2) is 0 Å². The Morgan fingerprint density at radius 2 is 2.35 bits per heavy atom. The van der Waals surface area contributed by atoms with Gasteiger partial charge < -0.3 is 15.2 Å². The highest BCUT2D eigenvalue weighted by Gasteiger charge is 2.33. The number of rotatable bonds is 4. The fraction of sp³-hybridized carbons (Fsp3) is 0.538. The Bertz CT molecular complexity index is 389. The summed E-state index contributed by atoms with van der Waals surface area (Å²) in [6.45, 7) is 2.28. The normalized spacial score (nSPS) is 23.9. The molecule has 0 saturated carbocycles. The van der Waals surface area contributed by atoms with Gasteiger partial charge in [0.15, 0.2) is 0 Å². The van der Waals surface area contributed by atoms with Gasteiger partial charge in [0.2, 0.25) is 0 Å². The molecule has 0 radical (unpaired) electrons. The molecule has 0 bridgehead atoms.